The molecule has 0 bridgehead atoms. The lowest BCUT2D eigenvalue weighted by Gasteiger charge is -2.31. The summed E-state index contributed by atoms with van der Waals surface area (Å²) in [4.78, 5) is 0. The zero-order valence-corrected chi connectivity index (χ0v) is 9.60. The van der Waals surface area contributed by atoms with Gasteiger partial charge in [0, 0.05) is 6.61 Å². The Morgan fingerprint density at radius 2 is 2.12 bits per heavy atom. The lowest BCUT2D eigenvalue weighted by molar-refractivity contribution is -0.109. The van der Waals surface area contributed by atoms with Crippen LogP contribution in [0.3, 0.4) is 0 Å². The Hall–Kier alpha value is -0.860. The van der Waals surface area contributed by atoms with E-state index in [-0.39, 0.29) is 12.2 Å². The third kappa shape index (κ3) is 3.06. The normalized spacial score (nSPS) is 25.6. The van der Waals surface area contributed by atoms with Gasteiger partial charge < -0.3 is 9.47 Å². The Labute approximate surface area is 97.6 Å². The lowest BCUT2D eigenvalue weighted by atomic mass is 10.0. The van der Waals surface area contributed by atoms with Gasteiger partial charge in [-0.3, -0.25) is 0 Å². The van der Waals surface area contributed by atoms with E-state index in [4.69, 9.17) is 9.47 Å². The topological polar surface area (TPSA) is 18.5 Å². The van der Waals surface area contributed by atoms with E-state index in [2.05, 4.69) is 19.1 Å². The zero-order valence-electron chi connectivity index (χ0n) is 9.60. The molecule has 0 saturated carbocycles. The van der Waals surface area contributed by atoms with E-state index in [1.165, 1.54) is 5.56 Å². The van der Waals surface area contributed by atoms with Crippen LogP contribution in [0.5, 0.6) is 0 Å². The number of hydrogen-bond acceptors (Lipinski definition) is 2. The highest BCUT2D eigenvalue weighted by molar-refractivity contribution is 5.13. The molecule has 2 unspecified atom stereocenters. The quantitative estimate of drug-likeness (QED) is 0.775. The first-order valence-corrected chi connectivity index (χ1v) is 5.96. The van der Waals surface area contributed by atoms with Gasteiger partial charge >= 0.3 is 0 Å². The summed E-state index contributed by atoms with van der Waals surface area (Å²) in [5, 5.41) is 0. The van der Waals surface area contributed by atoms with Crippen LogP contribution in [0.15, 0.2) is 30.3 Å². The van der Waals surface area contributed by atoms with Crippen molar-refractivity contribution in [1.82, 2.24) is 0 Å². The standard InChI is InChI=1S/C14H19O2/c1-2-13-14(9-6-10-15-13)16-11-12-7-4-3-5-8-12/h3-5,7-8,13-14H,1-2,6,9-11H2. The summed E-state index contributed by atoms with van der Waals surface area (Å²) in [6.07, 6.45) is 3.37. The minimum atomic E-state index is 0.178. The number of hydrogen-bond donors (Lipinski definition) is 0. The molecule has 1 heterocycles. The van der Waals surface area contributed by atoms with Crippen LogP contribution in [-0.4, -0.2) is 18.8 Å². The van der Waals surface area contributed by atoms with Gasteiger partial charge in [-0.25, -0.2) is 0 Å². The highest BCUT2D eigenvalue weighted by Gasteiger charge is 2.24. The monoisotopic (exact) mass is 219 g/mol. The van der Waals surface area contributed by atoms with Crippen molar-refractivity contribution in [3.05, 3.63) is 42.8 Å². The van der Waals surface area contributed by atoms with Crippen molar-refractivity contribution >= 4 is 0 Å². The average Bonchev–Trinajstić information content (AvgIpc) is 2.38. The number of rotatable bonds is 4. The third-order valence-electron chi connectivity index (χ3n) is 2.97. The maximum absolute atomic E-state index is 5.91. The van der Waals surface area contributed by atoms with Gasteiger partial charge in [-0.1, -0.05) is 37.3 Å². The molecule has 0 spiro atoms. The second-order valence-corrected chi connectivity index (χ2v) is 4.18. The first kappa shape index (κ1) is 11.6. The molecule has 1 saturated heterocycles. The van der Waals surface area contributed by atoms with Crippen LogP contribution in [-0.2, 0) is 16.1 Å². The van der Waals surface area contributed by atoms with Crippen molar-refractivity contribution in [3.8, 4) is 0 Å². The van der Waals surface area contributed by atoms with E-state index in [0.29, 0.717) is 6.61 Å². The van der Waals surface area contributed by atoms with Gasteiger partial charge in [-0.2, -0.15) is 0 Å². The van der Waals surface area contributed by atoms with Crippen LogP contribution < -0.4 is 0 Å². The smallest absolute Gasteiger partial charge is 0.0842 e. The molecule has 1 aliphatic heterocycles. The highest BCUT2D eigenvalue weighted by Crippen LogP contribution is 2.20. The van der Waals surface area contributed by atoms with Crippen LogP contribution in [0.1, 0.15) is 24.8 Å². The Morgan fingerprint density at radius 3 is 2.88 bits per heavy atom. The average molecular weight is 219 g/mol. The second-order valence-electron chi connectivity index (χ2n) is 4.18. The molecule has 0 amide bonds. The SMILES string of the molecule is [CH2]CC1OCCCC1OCc1ccccc1. The van der Waals surface area contributed by atoms with Gasteiger partial charge in [0.15, 0.2) is 0 Å². The van der Waals surface area contributed by atoms with E-state index in [1.807, 2.05) is 18.2 Å². The van der Waals surface area contributed by atoms with Crippen molar-refractivity contribution in [3.63, 3.8) is 0 Å². The summed E-state index contributed by atoms with van der Waals surface area (Å²) >= 11 is 0. The van der Waals surface area contributed by atoms with Gasteiger partial charge in [0.2, 0.25) is 0 Å². The molecule has 2 atom stereocenters. The summed E-state index contributed by atoms with van der Waals surface area (Å²) < 4.78 is 11.5. The molecule has 0 aromatic heterocycles. The fourth-order valence-corrected chi connectivity index (χ4v) is 2.05. The first-order chi connectivity index (χ1) is 7.90. The van der Waals surface area contributed by atoms with Crippen molar-refractivity contribution < 1.29 is 9.47 Å². The van der Waals surface area contributed by atoms with Crippen LogP contribution in [0.4, 0.5) is 0 Å². The Morgan fingerprint density at radius 1 is 1.31 bits per heavy atom. The van der Waals surface area contributed by atoms with Crippen LogP contribution in [0, 0.1) is 6.92 Å². The van der Waals surface area contributed by atoms with E-state index in [1.54, 1.807) is 0 Å². The van der Waals surface area contributed by atoms with E-state index in [9.17, 15) is 0 Å². The van der Waals surface area contributed by atoms with Gasteiger partial charge in [0.05, 0.1) is 18.8 Å². The molecule has 1 fully saturated rings. The largest absolute Gasteiger partial charge is 0.376 e. The minimum absolute atomic E-state index is 0.178. The molecular weight excluding hydrogens is 200 g/mol. The molecular formula is C14H19O2. The minimum Gasteiger partial charge on any atom is -0.376 e. The lowest BCUT2D eigenvalue weighted by Crippen LogP contribution is -2.35. The second kappa shape index (κ2) is 6.02. The van der Waals surface area contributed by atoms with Crippen LogP contribution in [0.25, 0.3) is 0 Å². The molecule has 0 N–H and O–H groups in total. The van der Waals surface area contributed by atoms with E-state index in [0.717, 1.165) is 25.9 Å². The first-order valence-electron chi connectivity index (χ1n) is 5.96. The molecule has 87 valence electrons. The fraction of sp³-hybridized carbons (Fsp3) is 0.500. The molecule has 1 aromatic rings. The third-order valence-corrected chi connectivity index (χ3v) is 2.97. The van der Waals surface area contributed by atoms with Gasteiger partial charge in [-0.15, -0.1) is 0 Å². The summed E-state index contributed by atoms with van der Waals surface area (Å²) in [5.41, 5.74) is 1.22. The maximum atomic E-state index is 5.91. The Balaban J connectivity index is 1.84. The predicted molar refractivity (Wildman–Crippen MR) is 64.0 cm³/mol. The van der Waals surface area contributed by atoms with Crippen molar-refractivity contribution in [2.45, 2.75) is 38.1 Å². The van der Waals surface area contributed by atoms with Crippen molar-refractivity contribution in [2.24, 2.45) is 0 Å². The van der Waals surface area contributed by atoms with Crippen LogP contribution in [0.2, 0.25) is 0 Å². The Bertz CT molecular complexity index is 297. The Kier molecular flexibility index (Phi) is 4.37. The molecule has 1 aromatic carbocycles. The van der Waals surface area contributed by atoms with Crippen molar-refractivity contribution in [2.75, 3.05) is 6.61 Å². The molecule has 2 nitrogen and oxygen atoms in total. The van der Waals surface area contributed by atoms with Gasteiger partial charge in [0.25, 0.3) is 0 Å². The molecule has 2 heteroatoms. The summed E-state index contributed by atoms with van der Waals surface area (Å²) in [6, 6.07) is 10.3. The molecule has 2 rings (SSSR count). The zero-order chi connectivity index (χ0) is 11.2. The summed E-state index contributed by atoms with van der Waals surface area (Å²) in [5.74, 6) is 0. The molecule has 16 heavy (non-hydrogen) atoms. The van der Waals surface area contributed by atoms with Gasteiger partial charge in [0.1, 0.15) is 0 Å². The predicted octanol–water partition coefficient (Wildman–Crippen LogP) is 2.97. The molecule has 1 radical (unpaired) electrons. The summed E-state index contributed by atoms with van der Waals surface area (Å²) in [7, 11) is 0. The highest BCUT2D eigenvalue weighted by atomic mass is 16.5. The summed E-state index contributed by atoms with van der Waals surface area (Å²) in [6.45, 7) is 5.43. The number of benzene rings is 1. The van der Waals surface area contributed by atoms with Crippen molar-refractivity contribution in [1.29, 1.82) is 0 Å². The molecule has 1 aliphatic rings. The van der Waals surface area contributed by atoms with Crippen LogP contribution >= 0.6 is 0 Å². The number of ether oxygens (including phenoxy) is 2. The van der Waals surface area contributed by atoms with Gasteiger partial charge in [-0.05, 0) is 24.8 Å². The van der Waals surface area contributed by atoms with E-state index < -0.39 is 0 Å². The fourth-order valence-electron chi connectivity index (χ4n) is 2.05. The maximum Gasteiger partial charge on any atom is 0.0842 e. The molecule has 0 aliphatic carbocycles. The van der Waals surface area contributed by atoms with E-state index >= 15 is 0 Å².